The van der Waals surface area contributed by atoms with Crippen molar-refractivity contribution in [1.29, 1.82) is 0 Å². The first-order valence-electron chi connectivity index (χ1n) is 10.9. The van der Waals surface area contributed by atoms with Crippen molar-refractivity contribution in [2.24, 2.45) is 17.8 Å². The van der Waals surface area contributed by atoms with Crippen molar-refractivity contribution in [2.45, 2.75) is 57.1 Å². The van der Waals surface area contributed by atoms with Crippen LogP contribution in [-0.2, 0) is 4.74 Å². The minimum Gasteiger partial charge on any atom is -0.370 e. The highest BCUT2D eigenvalue weighted by molar-refractivity contribution is 7.11. The van der Waals surface area contributed by atoms with E-state index in [9.17, 15) is 4.79 Å². The van der Waals surface area contributed by atoms with Crippen LogP contribution in [0, 0.1) is 24.7 Å². The van der Waals surface area contributed by atoms with Gasteiger partial charge >= 0.3 is 0 Å². The summed E-state index contributed by atoms with van der Waals surface area (Å²) in [5.74, 6) is 2.45. The van der Waals surface area contributed by atoms with E-state index in [2.05, 4.69) is 27.4 Å². The van der Waals surface area contributed by atoms with Crippen molar-refractivity contribution in [1.82, 2.24) is 15.2 Å². The number of rotatable bonds is 4. The van der Waals surface area contributed by atoms with Gasteiger partial charge < -0.3 is 10.1 Å². The Morgan fingerprint density at radius 1 is 1.39 bits per heavy atom. The zero-order chi connectivity index (χ0) is 19.1. The van der Waals surface area contributed by atoms with Gasteiger partial charge in [0.2, 0.25) is 0 Å². The largest absolute Gasteiger partial charge is 0.370 e. The van der Waals surface area contributed by atoms with Gasteiger partial charge in [0.15, 0.2) is 0 Å². The number of allylic oxidation sites excluding steroid dienone is 2. The van der Waals surface area contributed by atoms with Crippen LogP contribution in [-0.4, -0.2) is 53.7 Å². The van der Waals surface area contributed by atoms with E-state index in [0.717, 1.165) is 67.3 Å². The molecule has 1 spiro atoms. The fourth-order valence-electron chi connectivity index (χ4n) is 5.99. The van der Waals surface area contributed by atoms with Crippen LogP contribution in [0.1, 0.15) is 53.9 Å². The van der Waals surface area contributed by atoms with Gasteiger partial charge in [-0.2, -0.15) is 0 Å². The Kier molecular flexibility index (Phi) is 5.06. The van der Waals surface area contributed by atoms with Gasteiger partial charge in [-0.3, -0.25) is 9.69 Å². The van der Waals surface area contributed by atoms with Gasteiger partial charge in [-0.1, -0.05) is 25.0 Å². The summed E-state index contributed by atoms with van der Waals surface area (Å²) in [6.07, 6.45) is 12.0. The maximum atomic E-state index is 12.9. The molecule has 5 atom stereocenters. The van der Waals surface area contributed by atoms with Crippen LogP contribution in [0.5, 0.6) is 0 Å². The number of nitrogens with zero attached hydrogens (tertiary/aromatic N) is 2. The number of aromatic nitrogens is 1. The van der Waals surface area contributed by atoms with Gasteiger partial charge in [0, 0.05) is 19.6 Å². The molecule has 3 aliphatic carbocycles. The lowest BCUT2D eigenvalue weighted by Gasteiger charge is -2.50. The summed E-state index contributed by atoms with van der Waals surface area (Å²) in [7, 11) is 0. The quantitative estimate of drug-likeness (QED) is 0.786. The molecule has 3 fully saturated rings. The molecule has 2 bridgehead atoms. The van der Waals surface area contributed by atoms with Crippen molar-refractivity contribution in [3.8, 4) is 0 Å². The molecule has 1 saturated heterocycles. The van der Waals surface area contributed by atoms with E-state index in [1.807, 2.05) is 6.92 Å². The predicted octanol–water partition coefficient (Wildman–Crippen LogP) is 3.41. The molecule has 1 amide bonds. The number of morpholine rings is 1. The minimum absolute atomic E-state index is 0.0187. The maximum Gasteiger partial charge on any atom is 0.263 e. The molecule has 28 heavy (non-hydrogen) atoms. The summed E-state index contributed by atoms with van der Waals surface area (Å²) in [5, 5.41) is 3.33. The van der Waals surface area contributed by atoms with E-state index >= 15 is 0 Å². The topological polar surface area (TPSA) is 54.5 Å². The molecular formula is C22H31N3O2S. The molecule has 1 N–H and O–H groups in total. The fourth-order valence-corrected chi connectivity index (χ4v) is 6.70. The molecular weight excluding hydrogens is 370 g/mol. The number of carbonyl (C=O) groups is 1. The normalized spacial score (nSPS) is 37.6. The standard InChI is InChI=1S/C22H31N3O2S/c1-15-20(28-14-23-15)21(26)24-19-4-2-3-7-22(19)13-25(8-9-27-22)12-18-11-16-5-6-17(18)10-16/h5-6,14,16-19H,2-4,7-13H2,1H3,(H,24,26)/t16-,17+,18+,19-,22-/m1/s1. The number of aryl methyl sites for hydroxylation is 1. The van der Waals surface area contributed by atoms with E-state index < -0.39 is 0 Å². The third-order valence-electron chi connectivity index (χ3n) is 7.43. The second-order valence-electron chi connectivity index (χ2n) is 9.23. The number of ether oxygens (including phenoxy) is 1. The van der Waals surface area contributed by atoms with E-state index in [0.29, 0.717) is 0 Å². The Morgan fingerprint density at radius 3 is 3.07 bits per heavy atom. The Morgan fingerprint density at radius 2 is 2.32 bits per heavy atom. The third kappa shape index (κ3) is 3.44. The molecule has 152 valence electrons. The summed E-state index contributed by atoms with van der Waals surface area (Å²) in [4.78, 5) is 20.5. The molecule has 5 rings (SSSR count). The Bertz CT molecular complexity index is 759. The molecule has 5 nitrogen and oxygen atoms in total. The first kappa shape index (κ1) is 18.8. The van der Waals surface area contributed by atoms with Crippen molar-refractivity contribution < 1.29 is 9.53 Å². The third-order valence-corrected chi connectivity index (χ3v) is 8.36. The molecule has 0 unspecified atom stereocenters. The predicted molar refractivity (Wildman–Crippen MR) is 111 cm³/mol. The highest BCUT2D eigenvalue weighted by Gasteiger charge is 2.47. The second kappa shape index (κ2) is 7.54. The van der Waals surface area contributed by atoms with Gasteiger partial charge in [-0.25, -0.2) is 4.98 Å². The Hall–Kier alpha value is -1.24. The van der Waals surface area contributed by atoms with Crippen molar-refractivity contribution in [2.75, 3.05) is 26.2 Å². The fraction of sp³-hybridized carbons (Fsp3) is 0.727. The summed E-state index contributed by atoms with van der Waals surface area (Å²) in [5.41, 5.74) is 2.35. The van der Waals surface area contributed by atoms with Crippen LogP contribution in [0.25, 0.3) is 0 Å². The van der Waals surface area contributed by atoms with Crippen molar-refractivity contribution >= 4 is 17.2 Å². The average molecular weight is 402 g/mol. The van der Waals surface area contributed by atoms with Crippen LogP contribution in [0.15, 0.2) is 17.7 Å². The number of fused-ring (bicyclic) bond motifs is 2. The van der Waals surface area contributed by atoms with Gasteiger partial charge in [0.25, 0.3) is 5.91 Å². The van der Waals surface area contributed by atoms with Crippen LogP contribution in [0.2, 0.25) is 0 Å². The van der Waals surface area contributed by atoms with E-state index in [1.54, 1.807) is 5.51 Å². The minimum atomic E-state index is -0.224. The number of hydrogen-bond acceptors (Lipinski definition) is 5. The molecule has 1 aromatic rings. The lowest BCUT2D eigenvalue weighted by Crippen LogP contribution is -2.64. The van der Waals surface area contributed by atoms with Crippen LogP contribution >= 0.6 is 11.3 Å². The lowest BCUT2D eigenvalue weighted by molar-refractivity contribution is -0.143. The summed E-state index contributed by atoms with van der Waals surface area (Å²) >= 11 is 1.43. The molecule has 0 aromatic carbocycles. The molecule has 1 aliphatic heterocycles. The Balaban J connectivity index is 1.28. The molecule has 4 aliphatic rings. The Labute approximate surface area is 171 Å². The monoisotopic (exact) mass is 401 g/mol. The maximum absolute atomic E-state index is 12.9. The van der Waals surface area contributed by atoms with Gasteiger partial charge in [-0.05, 0) is 50.4 Å². The zero-order valence-electron chi connectivity index (χ0n) is 16.7. The number of nitrogens with one attached hydrogen (secondary N) is 1. The molecule has 1 aromatic heterocycles. The van der Waals surface area contributed by atoms with Crippen LogP contribution < -0.4 is 5.32 Å². The van der Waals surface area contributed by atoms with Gasteiger partial charge in [-0.15, -0.1) is 11.3 Å². The number of carbonyl (C=O) groups excluding carboxylic acids is 1. The molecule has 2 saturated carbocycles. The van der Waals surface area contributed by atoms with Gasteiger partial charge in [0.1, 0.15) is 10.5 Å². The first-order valence-corrected chi connectivity index (χ1v) is 11.8. The highest BCUT2D eigenvalue weighted by Crippen LogP contribution is 2.44. The number of hydrogen-bond donors (Lipinski definition) is 1. The van der Waals surface area contributed by atoms with Crippen LogP contribution in [0.3, 0.4) is 0 Å². The van der Waals surface area contributed by atoms with Crippen molar-refractivity contribution in [3.63, 3.8) is 0 Å². The van der Waals surface area contributed by atoms with Crippen molar-refractivity contribution in [3.05, 3.63) is 28.2 Å². The summed E-state index contributed by atoms with van der Waals surface area (Å²) in [6.45, 7) is 5.85. The van der Waals surface area contributed by atoms with E-state index in [1.165, 1.54) is 37.1 Å². The molecule has 6 heteroatoms. The van der Waals surface area contributed by atoms with Crippen LogP contribution in [0.4, 0.5) is 0 Å². The average Bonchev–Trinajstić information content (AvgIpc) is 3.41. The molecule has 0 radical (unpaired) electrons. The summed E-state index contributed by atoms with van der Waals surface area (Å²) < 4.78 is 6.44. The first-order chi connectivity index (χ1) is 13.6. The SMILES string of the molecule is Cc1ncsc1C(=O)N[C@@H]1CCCC[C@@]12CN(C[C@@H]1C[C@@H]3C=C[C@H]1C3)CCO2. The smallest absolute Gasteiger partial charge is 0.263 e. The lowest BCUT2D eigenvalue weighted by atomic mass is 9.78. The highest BCUT2D eigenvalue weighted by atomic mass is 32.1. The summed E-state index contributed by atoms with van der Waals surface area (Å²) in [6, 6.07) is 0.0953. The molecule has 2 heterocycles. The van der Waals surface area contributed by atoms with Gasteiger partial charge in [0.05, 0.1) is 23.9 Å². The van der Waals surface area contributed by atoms with E-state index in [4.69, 9.17) is 4.74 Å². The van der Waals surface area contributed by atoms with E-state index in [-0.39, 0.29) is 17.6 Å². The second-order valence-corrected chi connectivity index (χ2v) is 10.1. The zero-order valence-corrected chi connectivity index (χ0v) is 17.5. The number of thiazole rings is 1. The number of amides is 1.